The highest BCUT2D eigenvalue weighted by Crippen LogP contribution is 2.10. The summed E-state index contributed by atoms with van der Waals surface area (Å²) in [7, 11) is 0. The standard InChI is InChI=1S/C14H17F2N5O.HI/c1-3-17-14(19-8-13-20-9(2)22-21-13)18-7-10-6-11(15)4-5-12(10)16;/h4-6H,3,7-8H2,1-2H3,(H2,17,18,19);1H. The Morgan fingerprint density at radius 3 is 2.74 bits per heavy atom. The van der Waals surface area contributed by atoms with E-state index in [4.69, 9.17) is 4.52 Å². The first kappa shape index (κ1) is 19.3. The van der Waals surface area contributed by atoms with Crippen LogP contribution in [-0.2, 0) is 13.1 Å². The summed E-state index contributed by atoms with van der Waals surface area (Å²) in [5, 5.41) is 9.74. The molecule has 0 unspecified atom stereocenters. The minimum absolute atomic E-state index is 0. The second kappa shape index (κ2) is 9.38. The van der Waals surface area contributed by atoms with Gasteiger partial charge in [-0.25, -0.2) is 13.8 Å². The molecule has 0 saturated heterocycles. The number of aryl methyl sites for hydroxylation is 1. The summed E-state index contributed by atoms with van der Waals surface area (Å²) in [6.07, 6.45) is 0. The van der Waals surface area contributed by atoms with Crippen LogP contribution in [-0.4, -0.2) is 22.6 Å². The van der Waals surface area contributed by atoms with Crippen LogP contribution in [0.25, 0.3) is 0 Å². The molecule has 126 valence electrons. The molecule has 0 fully saturated rings. The van der Waals surface area contributed by atoms with Crippen molar-refractivity contribution in [1.82, 2.24) is 20.8 Å². The summed E-state index contributed by atoms with van der Waals surface area (Å²) in [6.45, 7) is 4.56. The molecule has 2 N–H and O–H groups in total. The van der Waals surface area contributed by atoms with Crippen molar-refractivity contribution in [2.24, 2.45) is 4.99 Å². The van der Waals surface area contributed by atoms with Crippen LogP contribution in [0.3, 0.4) is 0 Å². The highest BCUT2D eigenvalue weighted by Gasteiger charge is 2.06. The highest BCUT2D eigenvalue weighted by atomic mass is 127. The van der Waals surface area contributed by atoms with Crippen molar-refractivity contribution < 1.29 is 13.3 Å². The molecule has 0 radical (unpaired) electrons. The first-order valence-corrected chi connectivity index (χ1v) is 6.83. The number of nitrogens with one attached hydrogen (secondary N) is 2. The Labute approximate surface area is 149 Å². The van der Waals surface area contributed by atoms with E-state index in [1.807, 2.05) is 6.92 Å². The maximum absolute atomic E-state index is 13.6. The largest absolute Gasteiger partial charge is 0.357 e. The maximum atomic E-state index is 13.6. The summed E-state index contributed by atoms with van der Waals surface area (Å²) in [4.78, 5) is 8.26. The Kier molecular flexibility index (Phi) is 7.86. The summed E-state index contributed by atoms with van der Waals surface area (Å²) in [5.74, 6) is 0.427. The fourth-order valence-electron chi connectivity index (χ4n) is 1.75. The van der Waals surface area contributed by atoms with Crippen molar-refractivity contribution in [3.8, 4) is 0 Å². The highest BCUT2D eigenvalue weighted by molar-refractivity contribution is 14.0. The third-order valence-electron chi connectivity index (χ3n) is 2.74. The summed E-state index contributed by atoms with van der Waals surface area (Å²) in [5.41, 5.74) is 0.188. The summed E-state index contributed by atoms with van der Waals surface area (Å²) >= 11 is 0. The molecule has 6 nitrogen and oxygen atoms in total. The first-order valence-electron chi connectivity index (χ1n) is 6.83. The van der Waals surface area contributed by atoms with E-state index in [2.05, 4.69) is 25.8 Å². The van der Waals surface area contributed by atoms with Crippen molar-refractivity contribution in [2.45, 2.75) is 26.9 Å². The van der Waals surface area contributed by atoms with Gasteiger partial charge in [0, 0.05) is 19.0 Å². The fraction of sp³-hybridized carbons (Fsp3) is 0.357. The second-order valence-electron chi connectivity index (χ2n) is 4.51. The molecule has 0 spiro atoms. The predicted molar refractivity (Wildman–Crippen MR) is 92.5 cm³/mol. The van der Waals surface area contributed by atoms with E-state index in [0.29, 0.717) is 30.8 Å². The van der Waals surface area contributed by atoms with Gasteiger partial charge in [0.2, 0.25) is 5.89 Å². The lowest BCUT2D eigenvalue weighted by Crippen LogP contribution is -2.37. The second-order valence-corrected chi connectivity index (χ2v) is 4.51. The summed E-state index contributed by atoms with van der Waals surface area (Å²) < 4.78 is 31.5. The predicted octanol–water partition coefficient (Wildman–Crippen LogP) is 2.53. The summed E-state index contributed by atoms with van der Waals surface area (Å²) in [6, 6.07) is 3.29. The minimum Gasteiger partial charge on any atom is -0.357 e. The number of halogens is 3. The van der Waals surface area contributed by atoms with E-state index in [1.54, 1.807) is 6.92 Å². The zero-order valence-electron chi connectivity index (χ0n) is 12.8. The van der Waals surface area contributed by atoms with Gasteiger partial charge in [-0.3, -0.25) is 0 Å². The number of rotatable bonds is 5. The average Bonchev–Trinajstić information content (AvgIpc) is 2.91. The van der Waals surface area contributed by atoms with E-state index < -0.39 is 11.6 Å². The molecule has 0 aliphatic rings. The molecule has 9 heteroatoms. The van der Waals surface area contributed by atoms with Gasteiger partial charge in [0.25, 0.3) is 0 Å². The van der Waals surface area contributed by atoms with Gasteiger partial charge in [-0.1, -0.05) is 5.16 Å². The van der Waals surface area contributed by atoms with Crippen molar-refractivity contribution in [1.29, 1.82) is 0 Å². The number of guanidine groups is 1. The molecule has 0 saturated carbocycles. The Morgan fingerprint density at radius 1 is 1.30 bits per heavy atom. The number of hydrogen-bond donors (Lipinski definition) is 2. The van der Waals surface area contributed by atoms with E-state index in [0.717, 1.165) is 18.2 Å². The van der Waals surface area contributed by atoms with Crippen LogP contribution >= 0.6 is 24.0 Å². The van der Waals surface area contributed by atoms with Gasteiger partial charge >= 0.3 is 0 Å². The third-order valence-corrected chi connectivity index (χ3v) is 2.74. The van der Waals surface area contributed by atoms with Gasteiger partial charge in [-0.15, -0.1) is 24.0 Å². The third kappa shape index (κ3) is 6.08. The molecule has 1 heterocycles. The maximum Gasteiger partial charge on any atom is 0.223 e. The number of hydrogen-bond acceptors (Lipinski definition) is 4. The number of aliphatic imine (C=N–C) groups is 1. The van der Waals surface area contributed by atoms with E-state index >= 15 is 0 Å². The SMILES string of the molecule is CCNC(=NCc1cc(F)ccc1F)NCc1noc(C)n1.I. The Morgan fingerprint density at radius 2 is 2.09 bits per heavy atom. The Bertz CT molecular complexity index is 662. The topological polar surface area (TPSA) is 75.3 Å². The molecule has 1 aromatic heterocycles. The van der Waals surface area contributed by atoms with Gasteiger partial charge in [0.15, 0.2) is 11.8 Å². The first-order chi connectivity index (χ1) is 10.6. The van der Waals surface area contributed by atoms with E-state index in [-0.39, 0.29) is 36.1 Å². The smallest absolute Gasteiger partial charge is 0.223 e. The minimum atomic E-state index is -0.494. The van der Waals surface area contributed by atoms with Crippen molar-refractivity contribution in [3.05, 3.63) is 47.1 Å². The monoisotopic (exact) mass is 437 g/mol. The zero-order valence-corrected chi connectivity index (χ0v) is 15.1. The quantitative estimate of drug-likeness (QED) is 0.427. The van der Waals surface area contributed by atoms with Gasteiger partial charge in [0.1, 0.15) is 11.6 Å². The van der Waals surface area contributed by atoms with Crippen LogP contribution in [0.15, 0.2) is 27.7 Å². The van der Waals surface area contributed by atoms with Crippen molar-refractivity contribution in [2.75, 3.05) is 6.54 Å². The molecular weight excluding hydrogens is 419 g/mol. The van der Waals surface area contributed by atoms with Crippen LogP contribution in [0.1, 0.15) is 24.2 Å². The van der Waals surface area contributed by atoms with Crippen LogP contribution in [0.4, 0.5) is 8.78 Å². The van der Waals surface area contributed by atoms with Crippen LogP contribution in [0, 0.1) is 18.6 Å². The molecule has 0 bridgehead atoms. The molecule has 0 aliphatic heterocycles. The normalized spacial score (nSPS) is 11.0. The lowest BCUT2D eigenvalue weighted by atomic mass is 10.2. The van der Waals surface area contributed by atoms with Crippen LogP contribution in [0.2, 0.25) is 0 Å². The van der Waals surface area contributed by atoms with Gasteiger partial charge in [-0.2, -0.15) is 4.98 Å². The molecular formula is C14H18F2IN5O. The van der Waals surface area contributed by atoms with Crippen LogP contribution < -0.4 is 10.6 Å². The van der Waals surface area contributed by atoms with Crippen LogP contribution in [0.5, 0.6) is 0 Å². The average molecular weight is 437 g/mol. The van der Waals surface area contributed by atoms with Gasteiger partial charge in [0.05, 0.1) is 13.1 Å². The molecule has 0 aliphatic carbocycles. The fourth-order valence-corrected chi connectivity index (χ4v) is 1.75. The van der Waals surface area contributed by atoms with Crippen molar-refractivity contribution in [3.63, 3.8) is 0 Å². The molecule has 1 aromatic carbocycles. The number of benzene rings is 1. The van der Waals surface area contributed by atoms with Gasteiger partial charge in [-0.05, 0) is 25.1 Å². The molecule has 2 rings (SSSR count). The number of nitrogens with zero attached hydrogens (tertiary/aromatic N) is 3. The zero-order chi connectivity index (χ0) is 15.9. The number of aromatic nitrogens is 2. The molecule has 23 heavy (non-hydrogen) atoms. The van der Waals surface area contributed by atoms with E-state index in [9.17, 15) is 8.78 Å². The molecule has 0 amide bonds. The lowest BCUT2D eigenvalue weighted by molar-refractivity contribution is 0.387. The van der Waals surface area contributed by atoms with Gasteiger partial charge < -0.3 is 15.2 Å². The van der Waals surface area contributed by atoms with Crippen molar-refractivity contribution >= 4 is 29.9 Å². The Balaban J connectivity index is 0.00000264. The molecule has 2 aromatic rings. The van der Waals surface area contributed by atoms with E-state index in [1.165, 1.54) is 0 Å². The lowest BCUT2D eigenvalue weighted by Gasteiger charge is -2.09. The molecule has 0 atom stereocenters. The Hall–Kier alpha value is -1.78.